The maximum atomic E-state index is 13.5. The Kier molecular flexibility index (Phi) is 5.64. The van der Waals surface area contributed by atoms with Crippen LogP contribution in [0.2, 0.25) is 0 Å². The number of nitrogens with two attached hydrogens (primary N) is 1. The van der Waals surface area contributed by atoms with Crippen molar-refractivity contribution in [2.75, 3.05) is 26.2 Å². The molecule has 1 aromatic rings. The maximum Gasteiger partial charge on any atom is 0.227 e. The van der Waals surface area contributed by atoms with Gasteiger partial charge in [-0.2, -0.15) is 0 Å². The Labute approximate surface area is 122 Å². The zero-order valence-corrected chi connectivity index (χ0v) is 11.9. The topological polar surface area (TPSA) is 55.6 Å². The molecular formula is C15H20F2N2O2. The molecule has 1 saturated heterocycles. The lowest BCUT2D eigenvalue weighted by atomic mass is 10.1. The molecule has 116 valence electrons. The van der Waals surface area contributed by atoms with E-state index in [1.54, 1.807) is 4.90 Å². The largest absolute Gasteiger partial charge is 0.377 e. The lowest BCUT2D eigenvalue weighted by Gasteiger charge is -2.32. The van der Waals surface area contributed by atoms with Gasteiger partial charge in [-0.1, -0.05) is 6.07 Å². The Morgan fingerprint density at radius 2 is 1.90 bits per heavy atom. The fourth-order valence-electron chi connectivity index (χ4n) is 2.47. The minimum atomic E-state index is -0.676. The molecule has 0 bridgehead atoms. The van der Waals surface area contributed by atoms with Crippen LogP contribution in [0.1, 0.15) is 18.4 Å². The summed E-state index contributed by atoms with van der Waals surface area (Å²) in [6.07, 6.45) is 1.33. The molecule has 0 radical (unpaired) electrons. The molecule has 2 rings (SSSR count). The van der Waals surface area contributed by atoms with Gasteiger partial charge < -0.3 is 15.4 Å². The molecule has 4 nitrogen and oxygen atoms in total. The van der Waals surface area contributed by atoms with Crippen LogP contribution in [0, 0.1) is 11.6 Å². The molecule has 1 heterocycles. The SMILES string of the molecule is NCCOC1CCN(C(=O)Cc2c(F)cccc2F)CC1. The molecule has 0 aromatic heterocycles. The summed E-state index contributed by atoms with van der Waals surface area (Å²) in [6.45, 7) is 2.08. The van der Waals surface area contributed by atoms with Crippen molar-refractivity contribution in [1.82, 2.24) is 4.90 Å². The van der Waals surface area contributed by atoms with Crippen LogP contribution in [0.5, 0.6) is 0 Å². The van der Waals surface area contributed by atoms with Crippen molar-refractivity contribution in [2.24, 2.45) is 5.73 Å². The Balaban J connectivity index is 1.88. The highest BCUT2D eigenvalue weighted by atomic mass is 19.1. The van der Waals surface area contributed by atoms with Crippen molar-refractivity contribution in [1.29, 1.82) is 0 Å². The Morgan fingerprint density at radius 3 is 2.48 bits per heavy atom. The number of hydrogen-bond donors (Lipinski definition) is 1. The second-order valence-corrected chi connectivity index (χ2v) is 5.12. The summed E-state index contributed by atoms with van der Waals surface area (Å²) >= 11 is 0. The van der Waals surface area contributed by atoms with E-state index in [-0.39, 0.29) is 24.0 Å². The molecule has 0 spiro atoms. The van der Waals surface area contributed by atoms with Gasteiger partial charge in [-0.3, -0.25) is 4.79 Å². The van der Waals surface area contributed by atoms with Crippen molar-refractivity contribution in [3.8, 4) is 0 Å². The van der Waals surface area contributed by atoms with Crippen molar-refractivity contribution in [3.05, 3.63) is 35.4 Å². The minimum absolute atomic E-state index is 0.114. The molecule has 0 atom stereocenters. The number of nitrogens with zero attached hydrogens (tertiary/aromatic N) is 1. The smallest absolute Gasteiger partial charge is 0.227 e. The van der Waals surface area contributed by atoms with Gasteiger partial charge in [0.25, 0.3) is 0 Å². The van der Waals surface area contributed by atoms with E-state index in [0.717, 1.165) is 12.8 Å². The van der Waals surface area contributed by atoms with E-state index in [1.165, 1.54) is 18.2 Å². The number of halogens is 2. The van der Waals surface area contributed by atoms with E-state index < -0.39 is 11.6 Å². The summed E-state index contributed by atoms with van der Waals surface area (Å²) in [6, 6.07) is 3.62. The average molecular weight is 298 g/mol. The third-order valence-corrected chi connectivity index (χ3v) is 3.66. The molecule has 1 aromatic carbocycles. The number of benzene rings is 1. The average Bonchev–Trinajstić information content (AvgIpc) is 2.49. The van der Waals surface area contributed by atoms with Crippen LogP contribution in [0.4, 0.5) is 8.78 Å². The van der Waals surface area contributed by atoms with Gasteiger partial charge in [0.1, 0.15) is 11.6 Å². The molecule has 0 unspecified atom stereocenters. The highest BCUT2D eigenvalue weighted by Gasteiger charge is 2.24. The molecule has 21 heavy (non-hydrogen) atoms. The third kappa shape index (κ3) is 4.22. The first-order chi connectivity index (χ1) is 10.1. The van der Waals surface area contributed by atoms with E-state index in [0.29, 0.717) is 26.2 Å². The van der Waals surface area contributed by atoms with Crippen LogP contribution in [0.25, 0.3) is 0 Å². The summed E-state index contributed by atoms with van der Waals surface area (Å²) in [5.41, 5.74) is 5.21. The van der Waals surface area contributed by atoms with Gasteiger partial charge in [0.05, 0.1) is 19.1 Å². The van der Waals surface area contributed by atoms with Gasteiger partial charge in [-0.15, -0.1) is 0 Å². The number of carbonyl (C=O) groups excluding carboxylic acids is 1. The fraction of sp³-hybridized carbons (Fsp3) is 0.533. The van der Waals surface area contributed by atoms with Crippen LogP contribution in [-0.2, 0) is 16.0 Å². The number of carbonyl (C=O) groups is 1. The van der Waals surface area contributed by atoms with E-state index in [1.807, 2.05) is 0 Å². The summed E-state index contributed by atoms with van der Waals surface area (Å²) in [5, 5.41) is 0. The number of rotatable bonds is 5. The summed E-state index contributed by atoms with van der Waals surface area (Å²) in [5.74, 6) is -1.61. The van der Waals surface area contributed by atoms with Crippen LogP contribution >= 0.6 is 0 Å². The first-order valence-electron chi connectivity index (χ1n) is 7.14. The molecule has 6 heteroatoms. The maximum absolute atomic E-state index is 13.5. The van der Waals surface area contributed by atoms with Crippen molar-refractivity contribution < 1.29 is 18.3 Å². The molecule has 2 N–H and O–H groups in total. The standard InChI is InChI=1S/C15H20F2N2O2/c16-13-2-1-3-14(17)12(13)10-15(20)19-7-4-11(5-8-19)21-9-6-18/h1-3,11H,4-10,18H2. The van der Waals surface area contributed by atoms with E-state index in [2.05, 4.69) is 0 Å². The minimum Gasteiger partial charge on any atom is -0.377 e. The number of piperidine rings is 1. The Bertz CT molecular complexity index is 468. The molecule has 1 aliphatic rings. The third-order valence-electron chi connectivity index (χ3n) is 3.66. The van der Waals surface area contributed by atoms with Crippen LogP contribution < -0.4 is 5.73 Å². The number of ether oxygens (including phenoxy) is 1. The van der Waals surface area contributed by atoms with E-state index >= 15 is 0 Å². The molecule has 1 aliphatic heterocycles. The van der Waals surface area contributed by atoms with Gasteiger partial charge in [0.2, 0.25) is 5.91 Å². The first kappa shape index (κ1) is 15.9. The second-order valence-electron chi connectivity index (χ2n) is 5.12. The van der Waals surface area contributed by atoms with E-state index in [9.17, 15) is 13.6 Å². The number of hydrogen-bond acceptors (Lipinski definition) is 3. The van der Waals surface area contributed by atoms with Gasteiger partial charge >= 0.3 is 0 Å². The lowest BCUT2D eigenvalue weighted by Crippen LogP contribution is -2.42. The first-order valence-corrected chi connectivity index (χ1v) is 7.14. The second kappa shape index (κ2) is 7.47. The molecule has 0 aliphatic carbocycles. The highest BCUT2D eigenvalue weighted by Crippen LogP contribution is 2.17. The van der Waals surface area contributed by atoms with Crippen LogP contribution in [0.3, 0.4) is 0 Å². The van der Waals surface area contributed by atoms with Crippen molar-refractivity contribution >= 4 is 5.91 Å². The van der Waals surface area contributed by atoms with Gasteiger partial charge in [-0.25, -0.2) is 8.78 Å². The molecule has 0 saturated carbocycles. The zero-order chi connectivity index (χ0) is 15.2. The van der Waals surface area contributed by atoms with E-state index in [4.69, 9.17) is 10.5 Å². The van der Waals surface area contributed by atoms with Gasteiger partial charge in [0.15, 0.2) is 0 Å². The quantitative estimate of drug-likeness (QED) is 0.895. The van der Waals surface area contributed by atoms with Crippen molar-refractivity contribution in [2.45, 2.75) is 25.4 Å². The fourth-order valence-corrected chi connectivity index (χ4v) is 2.47. The molecule has 1 amide bonds. The molecular weight excluding hydrogens is 278 g/mol. The molecule has 1 fully saturated rings. The van der Waals surface area contributed by atoms with Gasteiger partial charge in [-0.05, 0) is 25.0 Å². The Hall–Kier alpha value is -1.53. The van der Waals surface area contributed by atoms with Crippen LogP contribution in [0.15, 0.2) is 18.2 Å². The predicted molar refractivity (Wildman–Crippen MR) is 74.7 cm³/mol. The number of amides is 1. The monoisotopic (exact) mass is 298 g/mol. The lowest BCUT2D eigenvalue weighted by molar-refractivity contribution is -0.133. The normalized spacial score (nSPS) is 16.2. The van der Waals surface area contributed by atoms with Crippen molar-refractivity contribution in [3.63, 3.8) is 0 Å². The Morgan fingerprint density at radius 1 is 1.29 bits per heavy atom. The number of likely N-dealkylation sites (tertiary alicyclic amines) is 1. The highest BCUT2D eigenvalue weighted by molar-refractivity contribution is 5.79. The predicted octanol–water partition coefficient (Wildman–Crippen LogP) is 1.47. The van der Waals surface area contributed by atoms with Crippen LogP contribution in [-0.4, -0.2) is 43.2 Å². The zero-order valence-electron chi connectivity index (χ0n) is 11.9. The van der Waals surface area contributed by atoms with Gasteiger partial charge in [0, 0.05) is 25.2 Å². The summed E-state index contributed by atoms with van der Waals surface area (Å²) in [7, 11) is 0. The summed E-state index contributed by atoms with van der Waals surface area (Å²) < 4.78 is 32.6. The summed E-state index contributed by atoms with van der Waals surface area (Å²) in [4.78, 5) is 13.8.